The minimum absolute atomic E-state index is 0.151. The van der Waals surface area contributed by atoms with E-state index in [0.29, 0.717) is 22.2 Å². The van der Waals surface area contributed by atoms with Gasteiger partial charge in [-0.3, -0.25) is 4.79 Å². The lowest BCUT2D eigenvalue weighted by atomic mass is 10.2. The maximum atomic E-state index is 12.0. The number of nitrogens with zero attached hydrogens (tertiary/aromatic N) is 1. The fraction of sp³-hybridized carbons (Fsp3) is 0.286. The smallest absolute Gasteiger partial charge is 0.251 e. The number of nitrogens with one attached hydrogen (secondary N) is 1. The van der Waals surface area contributed by atoms with Crippen LogP contribution in [0.5, 0.6) is 0 Å². The third-order valence-electron chi connectivity index (χ3n) is 2.82. The van der Waals surface area contributed by atoms with Crippen LogP contribution in [0.1, 0.15) is 25.9 Å². The molecule has 0 saturated heterocycles. The Morgan fingerprint density at radius 2 is 2.05 bits per heavy atom. The van der Waals surface area contributed by atoms with Crippen LogP contribution in [-0.4, -0.2) is 17.4 Å². The van der Waals surface area contributed by atoms with Crippen molar-refractivity contribution in [1.29, 1.82) is 0 Å². The molecule has 0 fully saturated rings. The Morgan fingerprint density at radius 3 is 2.65 bits per heavy atom. The molecule has 1 amide bonds. The zero-order valence-corrected chi connectivity index (χ0v) is 13.5. The number of carbonyl (C=O) groups is 1. The summed E-state index contributed by atoms with van der Waals surface area (Å²) in [7, 11) is 0. The lowest BCUT2D eigenvalue weighted by molar-refractivity contribution is 0.0954. The van der Waals surface area contributed by atoms with Crippen molar-refractivity contribution in [3.05, 3.63) is 49.4 Å². The van der Waals surface area contributed by atoms with Gasteiger partial charge in [-0.25, -0.2) is 4.98 Å². The molecule has 6 heteroatoms. The maximum Gasteiger partial charge on any atom is 0.251 e. The molecular weight excluding hydrogens is 315 g/mol. The number of amides is 1. The van der Waals surface area contributed by atoms with Crippen molar-refractivity contribution in [3.63, 3.8) is 0 Å². The molecule has 20 heavy (non-hydrogen) atoms. The summed E-state index contributed by atoms with van der Waals surface area (Å²) in [5.74, 6) is -0.151. The van der Waals surface area contributed by atoms with Crippen LogP contribution in [0.3, 0.4) is 0 Å². The molecule has 0 atom stereocenters. The average Bonchev–Trinajstić information content (AvgIpc) is 2.71. The van der Waals surface area contributed by atoms with Crippen LogP contribution in [-0.2, 0) is 6.42 Å². The van der Waals surface area contributed by atoms with Gasteiger partial charge in [0.05, 0.1) is 20.7 Å². The van der Waals surface area contributed by atoms with Crippen molar-refractivity contribution in [1.82, 2.24) is 10.3 Å². The van der Waals surface area contributed by atoms with E-state index in [1.165, 1.54) is 4.88 Å². The SMILES string of the molecule is Cc1nc(C)c(CCNC(=O)c2ccc(Cl)c(Cl)c2)s1. The van der Waals surface area contributed by atoms with Crippen LogP contribution < -0.4 is 5.32 Å². The molecule has 0 spiro atoms. The van der Waals surface area contributed by atoms with Gasteiger partial charge in [-0.15, -0.1) is 11.3 Å². The van der Waals surface area contributed by atoms with Crippen LogP contribution in [0.25, 0.3) is 0 Å². The lowest BCUT2D eigenvalue weighted by Gasteiger charge is -2.05. The van der Waals surface area contributed by atoms with Crippen LogP contribution in [0, 0.1) is 13.8 Å². The molecule has 2 aromatic rings. The highest BCUT2D eigenvalue weighted by Crippen LogP contribution is 2.22. The molecule has 0 aliphatic carbocycles. The largest absolute Gasteiger partial charge is 0.352 e. The summed E-state index contributed by atoms with van der Waals surface area (Å²) >= 11 is 13.4. The number of rotatable bonds is 4. The van der Waals surface area contributed by atoms with Gasteiger partial charge in [-0.1, -0.05) is 23.2 Å². The van der Waals surface area contributed by atoms with Gasteiger partial charge in [-0.05, 0) is 32.0 Å². The molecule has 1 N–H and O–H groups in total. The van der Waals surface area contributed by atoms with Crippen molar-refractivity contribution in [2.45, 2.75) is 20.3 Å². The standard InChI is InChI=1S/C14H14Cl2N2OS/c1-8-13(20-9(2)18-8)5-6-17-14(19)10-3-4-11(15)12(16)7-10/h3-4,7H,5-6H2,1-2H3,(H,17,19). The predicted molar refractivity (Wildman–Crippen MR) is 84.1 cm³/mol. The molecular formula is C14H14Cl2N2OS. The summed E-state index contributed by atoms with van der Waals surface area (Å²) in [4.78, 5) is 17.5. The van der Waals surface area contributed by atoms with Gasteiger partial charge in [0.1, 0.15) is 0 Å². The number of hydrogen-bond acceptors (Lipinski definition) is 3. The van der Waals surface area contributed by atoms with Crippen LogP contribution in [0.15, 0.2) is 18.2 Å². The van der Waals surface area contributed by atoms with E-state index in [2.05, 4.69) is 10.3 Å². The zero-order valence-electron chi connectivity index (χ0n) is 11.2. The number of thiazole rings is 1. The van der Waals surface area contributed by atoms with E-state index in [9.17, 15) is 4.79 Å². The van der Waals surface area contributed by atoms with Crippen molar-refractivity contribution in [2.75, 3.05) is 6.54 Å². The minimum atomic E-state index is -0.151. The summed E-state index contributed by atoms with van der Waals surface area (Å²) in [5.41, 5.74) is 1.55. The number of aromatic nitrogens is 1. The predicted octanol–water partition coefficient (Wildman–Crippen LogP) is 4.04. The van der Waals surface area contributed by atoms with Crippen LogP contribution in [0.2, 0.25) is 10.0 Å². The minimum Gasteiger partial charge on any atom is -0.352 e. The first-order valence-corrected chi connectivity index (χ1v) is 7.71. The Morgan fingerprint density at radius 1 is 1.30 bits per heavy atom. The fourth-order valence-electron chi connectivity index (χ4n) is 1.83. The van der Waals surface area contributed by atoms with Gasteiger partial charge >= 0.3 is 0 Å². The molecule has 1 aromatic carbocycles. The van der Waals surface area contributed by atoms with E-state index < -0.39 is 0 Å². The second-order valence-electron chi connectivity index (χ2n) is 4.38. The first-order chi connectivity index (χ1) is 9.47. The van der Waals surface area contributed by atoms with Gasteiger partial charge in [0, 0.05) is 23.4 Å². The van der Waals surface area contributed by atoms with E-state index in [4.69, 9.17) is 23.2 Å². The molecule has 1 heterocycles. The van der Waals surface area contributed by atoms with E-state index in [-0.39, 0.29) is 5.91 Å². The van der Waals surface area contributed by atoms with E-state index >= 15 is 0 Å². The van der Waals surface area contributed by atoms with Crippen molar-refractivity contribution >= 4 is 40.4 Å². The third kappa shape index (κ3) is 3.72. The summed E-state index contributed by atoms with van der Waals surface area (Å²) in [6.45, 7) is 4.54. The average molecular weight is 329 g/mol. The Bertz CT molecular complexity index is 640. The van der Waals surface area contributed by atoms with Crippen molar-refractivity contribution in [3.8, 4) is 0 Å². The highest BCUT2D eigenvalue weighted by atomic mass is 35.5. The number of carbonyl (C=O) groups excluding carboxylic acids is 1. The monoisotopic (exact) mass is 328 g/mol. The quantitative estimate of drug-likeness (QED) is 0.920. The molecule has 0 aliphatic rings. The second kappa shape index (κ2) is 6.57. The Labute approximate surface area is 131 Å². The van der Waals surface area contributed by atoms with Crippen LogP contribution >= 0.6 is 34.5 Å². The Kier molecular flexibility index (Phi) is 5.02. The summed E-state index contributed by atoms with van der Waals surface area (Å²) < 4.78 is 0. The van der Waals surface area contributed by atoms with E-state index in [0.717, 1.165) is 17.1 Å². The molecule has 0 aliphatic heterocycles. The maximum absolute atomic E-state index is 12.0. The summed E-state index contributed by atoms with van der Waals surface area (Å²) in [5, 5.41) is 4.74. The number of halogens is 2. The van der Waals surface area contributed by atoms with Gasteiger partial charge in [0.15, 0.2) is 0 Å². The molecule has 0 unspecified atom stereocenters. The highest BCUT2D eigenvalue weighted by molar-refractivity contribution is 7.11. The number of benzene rings is 1. The van der Waals surface area contributed by atoms with Gasteiger partial charge in [-0.2, -0.15) is 0 Å². The van der Waals surface area contributed by atoms with Gasteiger partial charge in [0.25, 0.3) is 5.91 Å². The third-order valence-corrected chi connectivity index (χ3v) is 4.69. The molecule has 0 bridgehead atoms. The topological polar surface area (TPSA) is 42.0 Å². The van der Waals surface area contributed by atoms with Gasteiger partial charge in [0.2, 0.25) is 0 Å². The first-order valence-electron chi connectivity index (χ1n) is 6.13. The zero-order chi connectivity index (χ0) is 14.7. The summed E-state index contributed by atoms with van der Waals surface area (Å²) in [6, 6.07) is 4.85. The number of aryl methyl sites for hydroxylation is 2. The molecule has 2 rings (SSSR count). The molecule has 1 aromatic heterocycles. The molecule has 3 nitrogen and oxygen atoms in total. The summed E-state index contributed by atoms with van der Waals surface area (Å²) in [6.07, 6.45) is 0.782. The Balaban J connectivity index is 1.92. The van der Waals surface area contributed by atoms with Crippen LogP contribution in [0.4, 0.5) is 0 Å². The van der Waals surface area contributed by atoms with Gasteiger partial charge < -0.3 is 5.32 Å². The molecule has 106 valence electrons. The van der Waals surface area contributed by atoms with E-state index in [1.807, 2.05) is 13.8 Å². The normalized spacial score (nSPS) is 10.6. The van der Waals surface area contributed by atoms with Crippen molar-refractivity contribution < 1.29 is 4.79 Å². The lowest BCUT2D eigenvalue weighted by Crippen LogP contribution is -2.25. The Hall–Kier alpha value is -1.10. The highest BCUT2D eigenvalue weighted by Gasteiger charge is 2.09. The molecule has 0 saturated carbocycles. The first kappa shape index (κ1) is 15.3. The van der Waals surface area contributed by atoms with Crippen molar-refractivity contribution in [2.24, 2.45) is 0 Å². The van der Waals surface area contributed by atoms with E-state index in [1.54, 1.807) is 29.5 Å². The fourth-order valence-corrected chi connectivity index (χ4v) is 3.07. The number of hydrogen-bond donors (Lipinski definition) is 1. The molecule has 0 radical (unpaired) electrons. The second-order valence-corrected chi connectivity index (χ2v) is 6.48.